The summed E-state index contributed by atoms with van der Waals surface area (Å²) < 4.78 is 5.80. The molecule has 21 heavy (non-hydrogen) atoms. The lowest BCUT2D eigenvalue weighted by atomic mass is 10.1. The van der Waals surface area contributed by atoms with E-state index in [1.54, 1.807) is 0 Å². The van der Waals surface area contributed by atoms with E-state index in [4.69, 9.17) is 4.42 Å². The quantitative estimate of drug-likeness (QED) is 0.841. The van der Waals surface area contributed by atoms with Gasteiger partial charge in [0.05, 0.1) is 13.1 Å². The van der Waals surface area contributed by atoms with Gasteiger partial charge in [-0.15, -0.1) is 10.2 Å². The van der Waals surface area contributed by atoms with Gasteiger partial charge < -0.3 is 14.6 Å². The molecule has 1 fully saturated rings. The molecule has 110 valence electrons. The van der Waals surface area contributed by atoms with Crippen LogP contribution in [-0.4, -0.2) is 35.7 Å². The largest absolute Gasteiger partial charge is 0.415 e. The van der Waals surface area contributed by atoms with Crippen molar-refractivity contribution >= 4 is 5.91 Å². The van der Waals surface area contributed by atoms with E-state index in [9.17, 15) is 4.79 Å². The van der Waals surface area contributed by atoms with E-state index in [0.29, 0.717) is 24.9 Å². The van der Waals surface area contributed by atoms with Crippen LogP contribution < -0.4 is 10.2 Å². The monoisotopic (exact) mass is 287 g/mol. The molecule has 6 nitrogen and oxygen atoms in total. The summed E-state index contributed by atoms with van der Waals surface area (Å²) >= 11 is 0. The SMILES string of the molecule is Cc1cccc(-c2nnc([C@@H](C)[NH+]3CCNC(=O)C3)o2)c1. The average Bonchev–Trinajstić information content (AvgIpc) is 2.96. The predicted octanol–water partition coefficient (Wildman–Crippen LogP) is 0.121. The zero-order valence-corrected chi connectivity index (χ0v) is 12.2. The van der Waals surface area contributed by atoms with Crippen LogP contribution >= 0.6 is 0 Å². The zero-order valence-electron chi connectivity index (χ0n) is 12.2. The molecule has 1 saturated heterocycles. The Labute approximate surface area is 123 Å². The van der Waals surface area contributed by atoms with Crippen LogP contribution in [0.15, 0.2) is 28.7 Å². The standard InChI is InChI=1S/C15H18N4O2/c1-10-4-3-5-12(8-10)15-18-17-14(21-15)11(2)19-7-6-16-13(20)9-19/h3-5,8,11H,6-7,9H2,1-2H3,(H,16,20)/p+1/t11-/m1/s1. The van der Waals surface area contributed by atoms with Crippen LogP contribution in [0, 0.1) is 6.92 Å². The van der Waals surface area contributed by atoms with Crippen LogP contribution in [0.25, 0.3) is 11.5 Å². The highest BCUT2D eigenvalue weighted by Crippen LogP contribution is 2.20. The van der Waals surface area contributed by atoms with Crippen molar-refractivity contribution in [2.45, 2.75) is 19.9 Å². The minimum absolute atomic E-state index is 0.0158. The van der Waals surface area contributed by atoms with Gasteiger partial charge in [0, 0.05) is 5.56 Å². The third-order valence-corrected chi connectivity index (χ3v) is 3.84. The molecular formula is C15H19N4O2+. The van der Waals surface area contributed by atoms with Gasteiger partial charge in [0.15, 0.2) is 12.6 Å². The topological polar surface area (TPSA) is 72.5 Å². The Morgan fingerprint density at radius 2 is 2.24 bits per heavy atom. The van der Waals surface area contributed by atoms with Crippen LogP contribution in [0.5, 0.6) is 0 Å². The highest BCUT2D eigenvalue weighted by atomic mass is 16.4. The summed E-state index contributed by atoms with van der Waals surface area (Å²) in [6.07, 6.45) is 0. The van der Waals surface area contributed by atoms with Crippen LogP contribution in [0.4, 0.5) is 0 Å². The fraction of sp³-hybridized carbons (Fsp3) is 0.400. The minimum atomic E-state index is 0.0158. The Hall–Kier alpha value is -2.21. The zero-order chi connectivity index (χ0) is 14.8. The van der Waals surface area contributed by atoms with Gasteiger partial charge in [-0.1, -0.05) is 17.7 Å². The fourth-order valence-corrected chi connectivity index (χ4v) is 2.57. The van der Waals surface area contributed by atoms with Gasteiger partial charge in [0.2, 0.25) is 5.89 Å². The summed E-state index contributed by atoms with van der Waals surface area (Å²) in [7, 11) is 0. The summed E-state index contributed by atoms with van der Waals surface area (Å²) in [6, 6.07) is 7.99. The lowest BCUT2D eigenvalue weighted by Crippen LogP contribution is -3.15. The van der Waals surface area contributed by atoms with Gasteiger partial charge in [0.25, 0.3) is 11.8 Å². The molecule has 2 atom stereocenters. The molecule has 0 saturated carbocycles. The lowest BCUT2D eigenvalue weighted by molar-refractivity contribution is -0.924. The molecule has 6 heteroatoms. The maximum Gasteiger partial charge on any atom is 0.275 e. The second kappa shape index (κ2) is 5.65. The van der Waals surface area contributed by atoms with E-state index in [-0.39, 0.29) is 11.9 Å². The molecule has 2 N–H and O–H groups in total. The summed E-state index contributed by atoms with van der Waals surface area (Å²) in [5, 5.41) is 11.1. The summed E-state index contributed by atoms with van der Waals surface area (Å²) in [4.78, 5) is 12.6. The Kier molecular flexibility index (Phi) is 3.70. The van der Waals surface area contributed by atoms with Crippen molar-refractivity contribution in [2.75, 3.05) is 19.6 Å². The van der Waals surface area contributed by atoms with Crippen molar-refractivity contribution in [3.63, 3.8) is 0 Å². The van der Waals surface area contributed by atoms with E-state index in [1.807, 2.05) is 38.1 Å². The highest BCUT2D eigenvalue weighted by Gasteiger charge is 2.29. The number of hydrogen-bond donors (Lipinski definition) is 2. The molecule has 1 unspecified atom stereocenters. The first-order valence-corrected chi connectivity index (χ1v) is 7.15. The Morgan fingerprint density at radius 1 is 1.38 bits per heavy atom. The number of aryl methyl sites for hydroxylation is 1. The number of amides is 1. The molecule has 3 rings (SSSR count). The van der Waals surface area contributed by atoms with Gasteiger partial charge in [-0.3, -0.25) is 4.79 Å². The van der Waals surface area contributed by atoms with Crippen molar-refractivity contribution in [3.05, 3.63) is 35.7 Å². The second-order valence-electron chi connectivity index (χ2n) is 5.47. The highest BCUT2D eigenvalue weighted by molar-refractivity contribution is 5.77. The van der Waals surface area contributed by atoms with Crippen LogP contribution in [-0.2, 0) is 4.79 Å². The predicted molar refractivity (Wildman–Crippen MR) is 76.6 cm³/mol. The normalized spacial score (nSPS) is 20.1. The molecule has 1 aromatic heterocycles. The second-order valence-corrected chi connectivity index (χ2v) is 5.47. The number of hydrogen-bond acceptors (Lipinski definition) is 4. The van der Waals surface area contributed by atoms with Crippen LogP contribution in [0.3, 0.4) is 0 Å². The number of nitrogens with zero attached hydrogens (tertiary/aromatic N) is 2. The molecular weight excluding hydrogens is 268 g/mol. The molecule has 2 heterocycles. The molecule has 0 aliphatic carbocycles. The number of carbonyl (C=O) groups is 1. The number of aromatic nitrogens is 2. The Balaban J connectivity index is 1.79. The first-order chi connectivity index (χ1) is 10.1. The molecule has 0 radical (unpaired) electrons. The lowest BCUT2D eigenvalue weighted by Gasteiger charge is -2.26. The van der Waals surface area contributed by atoms with Crippen LogP contribution in [0.1, 0.15) is 24.4 Å². The molecule has 1 amide bonds. The number of rotatable bonds is 3. The van der Waals surface area contributed by atoms with Gasteiger partial charge in [0.1, 0.15) is 0 Å². The molecule has 1 aromatic carbocycles. The number of nitrogens with one attached hydrogen (secondary N) is 2. The summed E-state index contributed by atoms with van der Waals surface area (Å²) in [5.74, 6) is 1.18. The fourth-order valence-electron chi connectivity index (χ4n) is 2.57. The van der Waals surface area contributed by atoms with E-state index >= 15 is 0 Å². The summed E-state index contributed by atoms with van der Waals surface area (Å²) in [5.41, 5.74) is 2.07. The maximum atomic E-state index is 11.5. The Morgan fingerprint density at radius 3 is 3.00 bits per heavy atom. The average molecular weight is 287 g/mol. The summed E-state index contributed by atoms with van der Waals surface area (Å²) in [6.45, 7) is 6.05. The molecule has 0 bridgehead atoms. The van der Waals surface area contributed by atoms with Crippen molar-refractivity contribution in [1.29, 1.82) is 0 Å². The molecule has 1 aliphatic heterocycles. The third-order valence-electron chi connectivity index (χ3n) is 3.84. The van der Waals surface area contributed by atoms with Gasteiger partial charge in [-0.2, -0.15) is 0 Å². The van der Waals surface area contributed by atoms with Crippen molar-refractivity contribution in [3.8, 4) is 11.5 Å². The number of piperazine rings is 1. The number of benzene rings is 1. The van der Waals surface area contributed by atoms with Crippen molar-refractivity contribution < 1.29 is 14.1 Å². The first-order valence-electron chi connectivity index (χ1n) is 7.15. The van der Waals surface area contributed by atoms with E-state index in [0.717, 1.165) is 22.6 Å². The molecule has 0 spiro atoms. The van der Waals surface area contributed by atoms with Crippen molar-refractivity contribution in [1.82, 2.24) is 15.5 Å². The molecule has 1 aliphatic rings. The van der Waals surface area contributed by atoms with Crippen molar-refractivity contribution in [2.24, 2.45) is 0 Å². The number of carbonyl (C=O) groups excluding carboxylic acids is 1. The maximum absolute atomic E-state index is 11.5. The minimum Gasteiger partial charge on any atom is -0.415 e. The van der Waals surface area contributed by atoms with E-state index in [1.165, 1.54) is 0 Å². The van der Waals surface area contributed by atoms with Gasteiger partial charge in [-0.05, 0) is 26.0 Å². The van der Waals surface area contributed by atoms with E-state index in [2.05, 4.69) is 15.5 Å². The number of quaternary nitrogens is 1. The van der Waals surface area contributed by atoms with Crippen LogP contribution in [0.2, 0.25) is 0 Å². The third kappa shape index (κ3) is 2.95. The molecule has 2 aromatic rings. The first kappa shape index (κ1) is 13.8. The smallest absolute Gasteiger partial charge is 0.275 e. The van der Waals surface area contributed by atoms with E-state index < -0.39 is 0 Å². The van der Waals surface area contributed by atoms with Gasteiger partial charge >= 0.3 is 0 Å². The Bertz CT molecular complexity index is 653. The van der Waals surface area contributed by atoms with Gasteiger partial charge in [-0.25, -0.2) is 0 Å².